The van der Waals surface area contributed by atoms with Crippen molar-refractivity contribution in [3.05, 3.63) is 23.7 Å². The highest BCUT2D eigenvalue weighted by molar-refractivity contribution is 5.09. The highest BCUT2D eigenvalue weighted by Gasteiger charge is 2.21. The maximum absolute atomic E-state index is 8.82. The third-order valence-electron chi connectivity index (χ3n) is 2.14. The molecule has 0 aromatic heterocycles. The SMILES string of the molecule is CCCC=C(CC)C1OC=C(CO)O1. The summed E-state index contributed by atoms with van der Waals surface area (Å²) in [5, 5.41) is 8.82. The molecule has 1 unspecified atom stereocenters. The van der Waals surface area contributed by atoms with Gasteiger partial charge in [0.2, 0.25) is 0 Å². The fraction of sp³-hybridized carbons (Fsp3) is 0.636. The summed E-state index contributed by atoms with van der Waals surface area (Å²) < 4.78 is 10.7. The van der Waals surface area contributed by atoms with Gasteiger partial charge in [0.15, 0.2) is 5.76 Å². The second-order valence-electron chi connectivity index (χ2n) is 3.25. The van der Waals surface area contributed by atoms with Gasteiger partial charge in [0.25, 0.3) is 6.29 Å². The summed E-state index contributed by atoms with van der Waals surface area (Å²) >= 11 is 0. The number of aliphatic hydroxyl groups excluding tert-OH is 1. The summed E-state index contributed by atoms with van der Waals surface area (Å²) in [6, 6.07) is 0. The second-order valence-corrected chi connectivity index (χ2v) is 3.25. The molecule has 0 saturated carbocycles. The summed E-state index contributed by atoms with van der Waals surface area (Å²) in [5.41, 5.74) is 1.14. The minimum absolute atomic E-state index is 0.0960. The molecule has 1 aliphatic heterocycles. The van der Waals surface area contributed by atoms with Gasteiger partial charge in [-0.25, -0.2) is 0 Å². The molecule has 80 valence electrons. The van der Waals surface area contributed by atoms with Gasteiger partial charge in [0.1, 0.15) is 12.9 Å². The van der Waals surface area contributed by atoms with E-state index in [0.717, 1.165) is 24.8 Å². The zero-order valence-corrected chi connectivity index (χ0v) is 8.82. The molecule has 3 heteroatoms. The van der Waals surface area contributed by atoms with Crippen LogP contribution >= 0.6 is 0 Å². The van der Waals surface area contributed by atoms with Crippen molar-refractivity contribution >= 4 is 0 Å². The summed E-state index contributed by atoms with van der Waals surface area (Å²) in [4.78, 5) is 0. The molecule has 0 radical (unpaired) electrons. The van der Waals surface area contributed by atoms with E-state index < -0.39 is 0 Å². The van der Waals surface area contributed by atoms with Crippen molar-refractivity contribution in [2.75, 3.05) is 6.61 Å². The van der Waals surface area contributed by atoms with Crippen molar-refractivity contribution in [1.82, 2.24) is 0 Å². The number of allylic oxidation sites excluding steroid dienone is 1. The lowest BCUT2D eigenvalue weighted by molar-refractivity contribution is -0.00933. The fourth-order valence-corrected chi connectivity index (χ4v) is 1.31. The average Bonchev–Trinajstić information content (AvgIpc) is 2.68. The van der Waals surface area contributed by atoms with E-state index in [1.807, 2.05) is 0 Å². The van der Waals surface area contributed by atoms with E-state index in [-0.39, 0.29) is 12.9 Å². The Hall–Kier alpha value is -0.960. The first-order valence-corrected chi connectivity index (χ1v) is 5.12. The monoisotopic (exact) mass is 198 g/mol. The van der Waals surface area contributed by atoms with Gasteiger partial charge in [-0.2, -0.15) is 0 Å². The van der Waals surface area contributed by atoms with Crippen LogP contribution < -0.4 is 0 Å². The Bertz CT molecular complexity index is 231. The molecule has 0 aliphatic carbocycles. The van der Waals surface area contributed by atoms with Gasteiger partial charge in [0, 0.05) is 5.57 Å². The Balaban J connectivity index is 2.49. The molecule has 0 aromatic rings. The van der Waals surface area contributed by atoms with Crippen LogP contribution in [0.15, 0.2) is 23.7 Å². The molecule has 1 rings (SSSR count). The Morgan fingerprint density at radius 3 is 2.86 bits per heavy atom. The average molecular weight is 198 g/mol. The molecule has 0 spiro atoms. The van der Waals surface area contributed by atoms with Crippen LogP contribution in [0.2, 0.25) is 0 Å². The zero-order valence-electron chi connectivity index (χ0n) is 8.82. The standard InChI is InChI=1S/C11H18O3/c1-3-5-6-9(4-2)11-13-8-10(7-12)14-11/h6,8,11-12H,3-5,7H2,1-2H3. The number of rotatable bonds is 5. The van der Waals surface area contributed by atoms with Crippen LogP contribution in [0.3, 0.4) is 0 Å². The van der Waals surface area contributed by atoms with Gasteiger partial charge < -0.3 is 14.6 Å². The quantitative estimate of drug-likeness (QED) is 0.689. The van der Waals surface area contributed by atoms with Crippen molar-refractivity contribution in [2.24, 2.45) is 0 Å². The summed E-state index contributed by atoms with van der Waals surface area (Å²) in [6.07, 6.45) is 6.40. The lowest BCUT2D eigenvalue weighted by atomic mass is 10.1. The first kappa shape index (κ1) is 11.1. The molecule has 1 heterocycles. The number of ether oxygens (including phenoxy) is 2. The van der Waals surface area contributed by atoms with Crippen LogP contribution in [0.1, 0.15) is 33.1 Å². The van der Waals surface area contributed by atoms with E-state index in [9.17, 15) is 0 Å². The minimum atomic E-state index is -0.311. The molecular weight excluding hydrogens is 180 g/mol. The summed E-state index contributed by atoms with van der Waals surface area (Å²) in [6.45, 7) is 4.12. The summed E-state index contributed by atoms with van der Waals surface area (Å²) in [5.74, 6) is 0.505. The molecule has 0 fully saturated rings. The highest BCUT2D eigenvalue weighted by atomic mass is 16.7. The van der Waals surface area contributed by atoms with Crippen LogP contribution in [0, 0.1) is 0 Å². The van der Waals surface area contributed by atoms with E-state index in [1.54, 1.807) is 0 Å². The second kappa shape index (κ2) is 5.70. The van der Waals surface area contributed by atoms with Gasteiger partial charge in [-0.1, -0.05) is 26.3 Å². The molecule has 14 heavy (non-hydrogen) atoms. The molecule has 1 N–H and O–H groups in total. The number of hydrogen-bond acceptors (Lipinski definition) is 3. The Kier molecular flexibility index (Phi) is 4.53. The Morgan fingerprint density at radius 1 is 1.57 bits per heavy atom. The first-order chi connectivity index (χ1) is 6.81. The lowest BCUT2D eigenvalue weighted by Gasteiger charge is -2.14. The van der Waals surface area contributed by atoms with E-state index in [1.165, 1.54) is 6.26 Å². The molecule has 0 saturated heterocycles. The molecule has 1 atom stereocenters. The third kappa shape index (κ3) is 2.77. The zero-order chi connectivity index (χ0) is 10.4. The predicted molar refractivity (Wildman–Crippen MR) is 54.4 cm³/mol. The number of hydrogen-bond donors (Lipinski definition) is 1. The van der Waals surface area contributed by atoms with Crippen LogP contribution in [0.25, 0.3) is 0 Å². The van der Waals surface area contributed by atoms with E-state index in [2.05, 4.69) is 19.9 Å². The smallest absolute Gasteiger partial charge is 0.262 e. The van der Waals surface area contributed by atoms with Crippen LogP contribution in [-0.2, 0) is 9.47 Å². The van der Waals surface area contributed by atoms with Crippen LogP contribution in [0.5, 0.6) is 0 Å². The van der Waals surface area contributed by atoms with Gasteiger partial charge in [-0.05, 0) is 12.8 Å². The molecule has 3 nitrogen and oxygen atoms in total. The van der Waals surface area contributed by atoms with Crippen molar-refractivity contribution in [2.45, 2.75) is 39.4 Å². The number of aliphatic hydroxyl groups is 1. The van der Waals surface area contributed by atoms with E-state index in [4.69, 9.17) is 14.6 Å². The van der Waals surface area contributed by atoms with Gasteiger partial charge in [0.05, 0.1) is 0 Å². The van der Waals surface area contributed by atoms with Crippen LogP contribution in [0.4, 0.5) is 0 Å². The van der Waals surface area contributed by atoms with E-state index in [0.29, 0.717) is 5.76 Å². The maximum Gasteiger partial charge on any atom is 0.262 e. The molecule has 0 aromatic carbocycles. The van der Waals surface area contributed by atoms with Gasteiger partial charge in [-0.3, -0.25) is 0 Å². The molecule has 0 bridgehead atoms. The maximum atomic E-state index is 8.82. The minimum Gasteiger partial charge on any atom is -0.455 e. The Labute approximate surface area is 85.0 Å². The van der Waals surface area contributed by atoms with E-state index >= 15 is 0 Å². The molecular formula is C11H18O3. The van der Waals surface area contributed by atoms with Gasteiger partial charge >= 0.3 is 0 Å². The highest BCUT2D eigenvalue weighted by Crippen LogP contribution is 2.22. The Morgan fingerprint density at radius 2 is 2.36 bits per heavy atom. The van der Waals surface area contributed by atoms with Crippen molar-refractivity contribution in [3.63, 3.8) is 0 Å². The van der Waals surface area contributed by atoms with Crippen LogP contribution in [-0.4, -0.2) is 18.0 Å². The normalized spacial score (nSPS) is 21.5. The van der Waals surface area contributed by atoms with Gasteiger partial charge in [-0.15, -0.1) is 0 Å². The lowest BCUT2D eigenvalue weighted by Crippen LogP contribution is -2.12. The fourth-order valence-electron chi connectivity index (χ4n) is 1.31. The molecule has 0 amide bonds. The summed E-state index contributed by atoms with van der Waals surface area (Å²) in [7, 11) is 0. The topological polar surface area (TPSA) is 38.7 Å². The third-order valence-corrected chi connectivity index (χ3v) is 2.14. The van der Waals surface area contributed by atoms with Crippen molar-refractivity contribution in [1.29, 1.82) is 0 Å². The number of unbranched alkanes of at least 4 members (excludes halogenated alkanes) is 1. The molecule has 1 aliphatic rings. The largest absolute Gasteiger partial charge is 0.455 e. The van der Waals surface area contributed by atoms with Crippen molar-refractivity contribution < 1.29 is 14.6 Å². The predicted octanol–water partition coefficient (Wildman–Crippen LogP) is 2.33. The first-order valence-electron chi connectivity index (χ1n) is 5.12. The van der Waals surface area contributed by atoms with Crippen molar-refractivity contribution in [3.8, 4) is 0 Å².